The second-order valence-corrected chi connectivity index (χ2v) is 4.30. The Labute approximate surface area is 108 Å². The van der Waals surface area contributed by atoms with Gasteiger partial charge in [0.15, 0.2) is 4.67 Å². The summed E-state index contributed by atoms with van der Waals surface area (Å²) in [7, 11) is 1.61. The number of nitrogens with one attached hydrogen (secondary N) is 1. The van der Waals surface area contributed by atoms with E-state index in [1.807, 2.05) is 24.3 Å². The van der Waals surface area contributed by atoms with Crippen LogP contribution in [0.1, 0.15) is 11.3 Å². The van der Waals surface area contributed by atoms with Gasteiger partial charge < -0.3 is 14.5 Å². The van der Waals surface area contributed by atoms with Gasteiger partial charge in [0.25, 0.3) is 0 Å². The molecule has 1 N–H and O–H groups in total. The molecule has 0 saturated heterocycles. The predicted molar refractivity (Wildman–Crippen MR) is 67.7 cm³/mol. The summed E-state index contributed by atoms with van der Waals surface area (Å²) in [5.74, 6) is 1.53. The molecule has 0 atom stereocenters. The van der Waals surface area contributed by atoms with Crippen LogP contribution in [0.3, 0.4) is 0 Å². The fourth-order valence-electron chi connectivity index (χ4n) is 1.41. The normalized spacial score (nSPS) is 10.5. The van der Waals surface area contributed by atoms with E-state index in [1.54, 1.807) is 13.3 Å². The molecule has 2 aromatic rings. The highest BCUT2D eigenvalue weighted by Gasteiger charge is 1.99. The SMILES string of the molecule is COc1ccc(CNCc2ccc(Br)o2)cn1. The Balaban J connectivity index is 1.81. The first kappa shape index (κ1) is 12.1. The van der Waals surface area contributed by atoms with Crippen LogP contribution >= 0.6 is 15.9 Å². The summed E-state index contributed by atoms with van der Waals surface area (Å²) in [6.45, 7) is 1.44. The van der Waals surface area contributed by atoms with Crippen LogP contribution in [0, 0.1) is 0 Å². The maximum absolute atomic E-state index is 5.38. The third-order valence-corrected chi connectivity index (χ3v) is 2.69. The number of furan rings is 1. The Kier molecular flexibility index (Phi) is 4.17. The zero-order valence-electron chi connectivity index (χ0n) is 9.44. The van der Waals surface area contributed by atoms with Crippen molar-refractivity contribution in [1.29, 1.82) is 0 Å². The molecule has 0 aromatic carbocycles. The van der Waals surface area contributed by atoms with Crippen molar-refractivity contribution >= 4 is 15.9 Å². The van der Waals surface area contributed by atoms with Crippen LogP contribution < -0.4 is 10.1 Å². The number of halogens is 1. The van der Waals surface area contributed by atoms with E-state index in [1.165, 1.54) is 0 Å². The minimum Gasteiger partial charge on any atom is -0.481 e. The van der Waals surface area contributed by atoms with E-state index in [0.29, 0.717) is 12.4 Å². The van der Waals surface area contributed by atoms with E-state index >= 15 is 0 Å². The van der Waals surface area contributed by atoms with Gasteiger partial charge in [-0.2, -0.15) is 0 Å². The average molecular weight is 297 g/mol. The van der Waals surface area contributed by atoms with E-state index in [4.69, 9.17) is 9.15 Å². The molecule has 0 fully saturated rings. The predicted octanol–water partition coefficient (Wildman–Crippen LogP) is 2.74. The van der Waals surface area contributed by atoms with Gasteiger partial charge in [-0.05, 0) is 33.6 Å². The number of ether oxygens (including phenoxy) is 1. The Morgan fingerprint density at radius 1 is 1.29 bits per heavy atom. The van der Waals surface area contributed by atoms with Crippen molar-refractivity contribution in [2.75, 3.05) is 7.11 Å². The van der Waals surface area contributed by atoms with Crippen LogP contribution in [0.5, 0.6) is 5.88 Å². The third-order valence-electron chi connectivity index (χ3n) is 2.26. The molecular weight excluding hydrogens is 284 g/mol. The molecule has 2 heterocycles. The van der Waals surface area contributed by atoms with Crippen molar-refractivity contribution in [3.8, 4) is 5.88 Å². The summed E-state index contributed by atoms with van der Waals surface area (Å²) in [5.41, 5.74) is 1.11. The molecule has 0 spiro atoms. The monoisotopic (exact) mass is 296 g/mol. The van der Waals surface area contributed by atoms with Crippen molar-refractivity contribution in [2.45, 2.75) is 13.1 Å². The number of hydrogen-bond donors (Lipinski definition) is 1. The van der Waals surface area contributed by atoms with E-state index in [0.717, 1.165) is 22.5 Å². The van der Waals surface area contributed by atoms with Crippen molar-refractivity contribution < 1.29 is 9.15 Å². The molecule has 2 rings (SSSR count). The van der Waals surface area contributed by atoms with Gasteiger partial charge in [-0.3, -0.25) is 0 Å². The summed E-state index contributed by atoms with van der Waals surface area (Å²) in [4.78, 5) is 4.13. The minimum atomic E-state index is 0.628. The molecule has 2 aromatic heterocycles. The zero-order valence-corrected chi connectivity index (χ0v) is 11.0. The number of aromatic nitrogens is 1. The van der Waals surface area contributed by atoms with Crippen molar-refractivity contribution in [1.82, 2.24) is 10.3 Å². The van der Waals surface area contributed by atoms with Gasteiger partial charge in [0.1, 0.15) is 5.76 Å². The second kappa shape index (κ2) is 5.84. The first-order valence-electron chi connectivity index (χ1n) is 5.22. The molecular formula is C12H13BrN2O2. The number of nitrogens with zero attached hydrogens (tertiary/aromatic N) is 1. The molecule has 0 bridgehead atoms. The molecule has 0 amide bonds. The van der Waals surface area contributed by atoms with E-state index < -0.39 is 0 Å². The summed E-state index contributed by atoms with van der Waals surface area (Å²) >= 11 is 3.27. The summed E-state index contributed by atoms with van der Waals surface area (Å²) in [6.07, 6.45) is 1.80. The topological polar surface area (TPSA) is 47.3 Å². The van der Waals surface area contributed by atoms with Crippen LogP contribution in [0.4, 0.5) is 0 Å². The average Bonchev–Trinajstić information content (AvgIpc) is 2.76. The molecule has 0 aliphatic heterocycles. The molecule has 0 unspecified atom stereocenters. The molecule has 0 saturated carbocycles. The van der Waals surface area contributed by atoms with E-state index in [2.05, 4.69) is 26.2 Å². The lowest BCUT2D eigenvalue weighted by Crippen LogP contribution is -2.12. The van der Waals surface area contributed by atoms with Crippen LogP contribution in [0.15, 0.2) is 39.5 Å². The minimum absolute atomic E-state index is 0.628. The van der Waals surface area contributed by atoms with Gasteiger partial charge in [-0.15, -0.1) is 0 Å². The highest BCUT2D eigenvalue weighted by atomic mass is 79.9. The lowest BCUT2D eigenvalue weighted by molar-refractivity contribution is 0.397. The maximum Gasteiger partial charge on any atom is 0.212 e. The fourth-order valence-corrected chi connectivity index (χ4v) is 1.75. The van der Waals surface area contributed by atoms with Gasteiger partial charge in [-0.1, -0.05) is 6.07 Å². The number of hydrogen-bond acceptors (Lipinski definition) is 4. The molecule has 0 aliphatic rings. The van der Waals surface area contributed by atoms with Crippen LogP contribution in [-0.2, 0) is 13.1 Å². The second-order valence-electron chi connectivity index (χ2n) is 3.52. The Hall–Kier alpha value is -1.33. The number of methoxy groups -OCH3 is 1. The zero-order chi connectivity index (χ0) is 12.1. The van der Waals surface area contributed by atoms with Gasteiger partial charge in [0, 0.05) is 18.8 Å². The fraction of sp³-hybridized carbons (Fsp3) is 0.250. The van der Waals surface area contributed by atoms with Gasteiger partial charge >= 0.3 is 0 Å². The van der Waals surface area contributed by atoms with Crippen molar-refractivity contribution in [3.05, 3.63) is 46.5 Å². The Morgan fingerprint density at radius 3 is 2.76 bits per heavy atom. The van der Waals surface area contributed by atoms with Gasteiger partial charge in [0.05, 0.1) is 13.7 Å². The highest BCUT2D eigenvalue weighted by Crippen LogP contribution is 2.13. The smallest absolute Gasteiger partial charge is 0.212 e. The maximum atomic E-state index is 5.38. The summed E-state index contributed by atoms with van der Waals surface area (Å²) in [6, 6.07) is 7.65. The van der Waals surface area contributed by atoms with Crippen LogP contribution in [0.25, 0.3) is 0 Å². The Bertz CT molecular complexity index is 468. The molecule has 0 aliphatic carbocycles. The van der Waals surface area contributed by atoms with Crippen LogP contribution in [0.2, 0.25) is 0 Å². The Morgan fingerprint density at radius 2 is 2.18 bits per heavy atom. The lowest BCUT2D eigenvalue weighted by Gasteiger charge is -2.03. The van der Waals surface area contributed by atoms with Crippen molar-refractivity contribution in [2.24, 2.45) is 0 Å². The molecule has 5 heteroatoms. The molecule has 0 radical (unpaired) electrons. The largest absolute Gasteiger partial charge is 0.481 e. The van der Waals surface area contributed by atoms with Crippen molar-refractivity contribution in [3.63, 3.8) is 0 Å². The summed E-state index contributed by atoms with van der Waals surface area (Å²) < 4.78 is 11.1. The van der Waals surface area contributed by atoms with Gasteiger partial charge in [-0.25, -0.2) is 4.98 Å². The standard InChI is InChI=1S/C12H13BrN2O2/c1-16-12-5-2-9(7-15-12)6-14-8-10-3-4-11(13)17-10/h2-5,7,14H,6,8H2,1H3. The third kappa shape index (κ3) is 3.57. The number of rotatable bonds is 5. The van der Waals surface area contributed by atoms with E-state index in [9.17, 15) is 0 Å². The first-order valence-corrected chi connectivity index (χ1v) is 6.01. The van der Waals surface area contributed by atoms with Gasteiger partial charge in [0.2, 0.25) is 5.88 Å². The quantitative estimate of drug-likeness (QED) is 0.922. The molecule has 90 valence electrons. The molecule has 17 heavy (non-hydrogen) atoms. The van der Waals surface area contributed by atoms with Crippen LogP contribution in [-0.4, -0.2) is 12.1 Å². The number of pyridine rings is 1. The highest BCUT2D eigenvalue weighted by molar-refractivity contribution is 9.10. The lowest BCUT2D eigenvalue weighted by atomic mass is 10.3. The summed E-state index contributed by atoms with van der Waals surface area (Å²) in [5, 5.41) is 3.27. The van der Waals surface area contributed by atoms with E-state index in [-0.39, 0.29) is 0 Å². The first-order chi connectivity index (χ1) is 8.28. The molecule has 4 nitrogen and oxygen atoms in total.